The summed E-state index contributed by atoms with van der Waals surface area (Å²) in [5, 5.41) is -0.677. The summed E-state index contributed by atoms with van der Waals surface area (Å²) in [6, 6.07) is 8.02. The van der Waals surface area contributed by atoms with Crippen LogP contribution in [0.1, 0.15) is 30.4 Å². The Morgan fingerprint density at radius 2 is 2.06 bits per heavy atom. The lowest BCUT2D eigenvalue weighted by atomic mass is 10.0. The van der Waals surface area contributed by atoms with E-state index in [2.05, 4.69) is 0 Å². The second-order valence-electron chi connectivity index (χ2n) is 5.05. The van der Waals surface area contributed by atoms with Crippen molar-refractivity contribution in [3.05, 3.63) is 35.4 Å². The Bertz CT molecular complexity index is 510. The summed E-state index contributed by atoms with van der Waals surface area (Å²) < 4.78 is 24.0. The molecule has 0 spiro atoms. The minimum atomic E-state index is -2.99. The van der Waals surface area contributed by atoms with Crippen molar-refractivity contribution >= 4 is 21.4 Å². The van der Waals surface area contributed by atoms with Crippen LogP contribution >= 0.6 is 11.6 Å². The van der Waals surface area contributed by atoms with Crippen LogP contribution in [0.3, 0.4) is 0 Å². The van der Waals surface area contributed by atoms with Crippen molar-refractivity contribution in [2.75, 3.05) is 5.75 Å². The maximum Gasteiger partial charge on any atom is 0.154 e. The first-order chi connectivity index (χ1) is 8.50. The third-order valence-corrected chi connectivity index (χ3v) is 6.66. The Morgan fingerprint density at radius 1 is 1.33 bits per heavy atom. The molecule has 0 saturated carbocycles. The molecule has 2 unspecified atom stereocenters. The van der Waals surface area contributed by atoms with Gasteiger partial charge in [-0.15, -0.1) is 11.6 Å². The molecule has 1 aromatic rings. The first-order valence-electron chi connectivity index (χ1n) is 6.41. The topological polar surface area (TPSA) is 34.1 Å². The van der Waals surface area contributed by atoms with E-state index in [-0.39, 0.29) is 10.6 Å². The maximum atomic E-state index is 12.0. The summed E-state index contributed by atoms with van der Waals surface area (Å²) >= 11 is 6.37. The zero-order chi connectivity index (χ0) is 13.2. The van der Waals surface area contributed by atoms with Crippen LogP contribution in [0.25, 0.3) is 0 Å². The Labute approximate surface area is 114 Å². The van der Waals surface area contributed by atoms with Crippen LogP contribution in [0.2, 0.25) is 0 Å². The van der Waals surface area contributed by atoms with Gasteiger partial charge in [0.05, 0.1) is 16.4 Å². The largest absolute Gasteiger partial charge is 0.228 e. The molecule has 2 atom stereocenters. The van der Waals surface area contributed by atoms with Gasteiger partial charge in [-0.2, -0.15) is 0 Å². The van der Waals surface area contributed by atoms with Crippen molar-refractivity contribution in [2.24, 2.45) is 0 Å². The van der Waals surface area contributed by atoms with Gasteiger partial charge in [-0.1, -0.05) is 30.7 Å². The van der Waals surface area contributed by atoms with Crippen LogP contribution in [0.5, 0.6) is 0 Å². The van der Waals surface area contributed by atoms with E-state index in [4.69, 9.17) is 11.6 Å². The SMILES string of the molecule is Cc1ccccc1CC(Cl)C1CCCCS1(=O)=O. The van der Waals surface area contributed by atoms with Gasteiger partial charge in [0.25, 0.3) is 0 Å². The van der Waals surface area contributed by atoms with Crippen molar-refractivity contribution in [3.8, 4) is 0 Å². The Morgan fingerprint density at radius 3 is 2.72 bits per heavy atom. The predicted octanol–water partition coefficient (Wildman–Crippen LogP) is 3.11. The zero-order valence-electron chi connectivity index (χ0n) is 10.6. The molecule has 1 aromatic carbocycles. The lowest BCUT2D eigenvalue weighted by Gasteiger charge is -2.26. The molecule has 4 heteroatoms. The summed E-state index contributed by atoms with van der Waals surface area (Å²) in [5.74, 6) is 0.300. The van der Waals surface area contributed by atoms with Gasteiger partial charge < -0.3 is 0 Å². The predicted molar refractivity (Wildman–Crippen MR) is 75.9 cm³/mol. The molecule has 0 N–H and O–H groups in total. The number of sulfone groups is 1. The second-order valence-corrected chi connectivity index (χ2v) is 7.95. The molecular formula is C14H19ClO2S. The van der Waals surface area contributed by atoms with Crippen molar-refractivity contribution < 1.29 is 8.42 Å². The summed E-state index contributed by atoms with van der Waals surface area (Å²) in [7, 11) is -2.99. The van der Waals surface area contributed by atoms with Gasteiger partial charge in [0.1, 0.15) is 0 Å². The van der Waals surface area contributed by atoms with E-state index in [1.165, 1.54) is 5.56 Å². The number of hydrogen-bond acceptors (Lipinski definition) is 2. The van der Waals surface area contributed by atoms with Gasteiger partial charge in [-0.3, -0.25) is 0 Å². The average molecular weight is 287 g/mol. The van der Waals surface area contributed by atoms with Crippen LogP contribution in [-0.4, -0.2) is 24.8 Å². The highest BCUT2D eigenvalue weighted by atomic mass is 35.5. The quantitative estimate of drug-likeness (QED) is 0.800. The maximum absolute atomic E-state index is 12.0. The lowest BCUT2D eigenvalue weighted by molar-refractivity contribution is 0.529. The molecule has 1 saturated heterocycles. The number of alkyl halides is 1. The number of halogens is 1. The number of rotatable bonds is 3. The smallest absolute Gasteiger partial charge is 0.154 e. The highest BCUT2D eigenvalue weighted by Crippen LogP contribution is 2.27. The molecule has 2 rings (SSSR count). The van der Waals surface area contributed by atoms with Crippen LogP contribution in [-0.2, 0) is 16.3 Å². The molecule has 100 valence electrons. The molecule has 0 aromatic heterocycles. The van der Waals surface area contributed by atoms with Crippen molar-refractivity contribution in [3.63, 3.8) is 0 Å². The molecule has 1 aliphatic heterocycles. The Kier molecular flexibility index (Phi) is 4.33. The fraction of sp³-hybridized carbons (Fsp3) is 0.571. The van der Waals surface area contributed by atoms with E-state index < -0.39 is 9.84 Å². The summed E-state index contributed by atoms with van der Waals surface area (Å²) in [6.45, 7) is 2.04. The monoisotopic (exact) mass is 286 g/mol. The standard InChI is InChI=1S/C14H19ClO2S/c1-11-6-2-3-7-12(11)10-13(15)14-8-4-5-9-18(14,16)17/h2-3,6-7,13-14H,4-5,8-10H2,1H3. The third-order valence-electron chi connectivity index (χ3n) is 3.71. The van der Waals surface area contributed by atoms with Crippen molar-refractivity contribution in [1.82, 2.24) is 0 Å². The zero-order valence-corrected chi connectivity index (χ0v) is 12.2. The fourth-order valence-electron chi connectivity index (χ4n) is 2.57. The molecule has 1 fully saturated rings. The van der Waals surface area contributed by atoms with Crippen molar-refractivity contribution in [1.29, 1.82) is 0 Å². The van der Waals surface area contributed by atoms with E-state index in [0.29, 0.717) is 18.6 Å². The van der Waals surface area contributed by atoms with Gasteiger partial charge in [0.2, 0.25) is 0 Å². The molecule has 0 amide bonds. The van der Waals surface area contributed by atoms with E-state index in [0.717, 1.165) is 18.4 Å². The van der Waals surface area contributed by atoms with Crippen molar-refractivity contribution in [2.45, 2.75) is 43.2 Å². The first kappa shape index (κ1) is 13.9. The van der Waals surface area contributed by atoms with E-state index >= 15 is 0 Å². The molecule has 0 radical (unpaired) electrons. The van der Waals surface area contributed by atoms with Gasteiger partial charge >= 0.3 is 0 Å². The number of hydrogen-bond donors (Lipinski definition) is 0. The summed E-state index contributed by atoms with van der Waals surface area (Å²) in [6.07, 6.45) is 3.11. The van der Waals surface area contributed by atoms with E-state index in [1.54, 1.807) is 0 Å². The van der Waals surface area contributed by atoms with Crippen LogP contribution < -0.4 is 0 Å². The first-order valence-corrected chi connectivity index (χ1v) is 8.56. The molecule has 0 aliphatic carbocycles. The highest BCUT2D eigenvalue weighted by molar-refractivity contribution is 7.92. The van der Waals surface area contributed by atoms with Gasteiger partial charge in [-0.25, -0.2) is 8.42 Å². The number of benzene rings is 1. The van der Waals surface area contributed by atoms with E-state index in [9.17, 15) is 8.42 Å². The highest BCUT2D eigenvalue weighted by Gasteiger charge is 2.34. The van der Waals surface area contributed by atoms with Gasteiger partial charge in [-0.05, 0) is 37.3 Å². The molecule has 1 heterocycles. The molecule has 1 aliphatic rings. The molecule has 18 heavy (non-hydrogen) atoms. The third kappa shape index (κ3) is 3.07. The van der Waals surface area contributed by atoms with Crippen LogP contribution in [0.15, 0.2) is 24.3 Å². The number of aryl methyl sites for hydroxylation is 1. The molecule has 0 bridgehead atoms. The average Bonchev–Trinajstić information content (AvgIpc) is 2.31. The van der Waals surface area contributed by atoms with Crippen LogP contribution in [0, 0.1) is 6.92 Å². The minimum Gasteiger partial charge on any atom is -0.228 e. The normalized spacial score (nSPS) is 24.7. The molecular weight excluding hydrogens is 268 g/mol. The van der Waals surface area contributed by atoms with E-state index in [1.807, 2.05) is 31.2 Å². The summed E-state index contributed by atoms with van der Waals surface area (Å²) in [5.41, 5.74) is 2.33. The Hall–Kier alpha value is -0.540. The molecule has 2 nitrogen and oxygen atoms in total. The van der Waals surface area contributed by atoms with Gasteiger partial charge in [0.15, 0.2) is 9.84 Å². The van der Waals surface area contributed by atoms with Crippen LogP contribution in [0.4, 0.5) is 0 Å². The Balaban J connectivity index is 2.12. The fourth-order valence-corrected chi connectivity index (χ4v) is 5.31. The lowest BCUT2D eigenvalue weighted by Crippen LogP contribution is -2.36. The second kappa shape index (κ2) is 5.62. The van der Waals surface area contributed by atoms with Gasteiger partial charge in [0, 0.05) is 0 Å². The summed E-state index contributed by atoms with van der Waals surface area (Å²) in [4.78, 5) is 0. The minimum absolute atomic E-state index is 0.300.